The van der Waals surface area contributed by atoms with Gasteiger partial charge in [0, 0.05) is 6.42 Å². The van der Waals surface area contributed by atoms with E-state index < -0.39 is 0 Å². The predicted molar refractivity (Wildman–Crippen MR) is 96.7 cm³/mol. The highest BCUT2D eigenvalue weighted by Crippen LogP contribution is 2.24. The van der Waals surface area contributed by atoms with E-state index in [0.29, 0.717) is 28.0 Å². The molecule has 1 heterocycles. The molecular weight excluding hydrogens is 347 g/mol. The molecule has 1 N–H and O–H groups in total. The number of amides is 1. The molecule has 0 bridgehead atoms. The molecule has 1 aliphatic rings. The monoisotopic (exact) mass is 360 g/mol. The normalized spacial score (nSPS) is 15.4. The predicted octanol–water partition coefficient (Wildman–Crippen LogP) is 4.11. The number of aliphatic imine (C=N–C) groups is 1. The number of carbonyl (C=O) groups is 1. The lowest BCUT2D eigenvalue weighted by molar-refractivity contribution is -0.115. The summed E-state index contributed by atoms with van der Waals surface area (Å²) in [5.41, 5.74) is 2.14. The first-order valence-corrected chi connectivity index (χ1v) is 7.99. The lowest BCUT2D eigenvalue weighted by Crippen LogP contribution is -2.25. The highest BCUT2D eigenvalue weighted by Gasteiger charge is 2.20. The number of nitrogens with zero attached hydrogens (tertiary/aromatic N) is 1. The fourth-order valence-corrected chi connectivity index (χ4v) is 2.60. The third-order valence-electron chi connectivity index (χ3n) is 3.52. The van der Waals surface area contributed by atoms with Crippen molar-refractivity contribution in [2.75, 3.05) is 7.11 Å². The average molecular weight is 361 g/mol. The van der Waals surface area contributed by atoms with Gasteiger partial charge in [-0.25, -0.2) is 4.99 Å². The minimum atomic E-state index is -0.232. The van der Waals surface area contributed by atoms with Crippen molar-refractivity contribution in [3.8, 4) is 5.75 Å². The second kappa shape index (κ2) is 7.07. The Morgan fingerprint density at radius 1 is 1.12 bits per heavy atom. The van der Waals surface area contributed by atoms with Crippen molar-refractivity contribution < 1.29 is 9.53 Å². The number of rotatable bonds is 4. The Morgan fingerprint density at radius 2 is 1.88 bits per heavy atom. The van der Waals surface area contributed by atoms with Crippen molar-refractivity contribution >= 4 is 41.0 Å². The molecule has 0 spiro atoms. The molecule has 0 radical (unpaired) electrons. The maximum atomic E-state index is 12.1. The summed E-state index contributed by atoms with van der Waals surface area (Å²) in [7, 11) is 1.62. The second-order valence-electron chi connectivity index (χ2n) is 5.24. The first kappa shape index (κ1) is 16.6. The summed E-state index contributed by atoms with van der Waals surface area (Å²) >= 11 is 11.9. The molecule has 0 saturated heterocycles. The van der Waals surface area contributed by atoms with Crippen LogP contribution in [-0.2, 0) is 11.2 Å². The Labute approximate surface area is 149 Å². The summed E-state index contributed by atoms with van der Waals surface area (Å²) in [6.45, 7) is 0. The molecule has 24 heavy (non-hydrogen) atoms. The van der Waals surface area contributed by atoms with Gasteiger partial charge in [-0.3, -0.25) is 4.79 Å². The van der Waals surface area contributed by atoms with Gasteiger partial charge < -0.3 is 10.1 Å². The molecule has 6 heteroatoms. The van der Waals surface area contributed by atoms with Gasteiger partial charge in [0.1, 0.15) is 17.3 Å². The van der Waals surface area contributed by atoms with Crippen LogP contribution < -0.4 is 10.1 Å². The van der Waals surface area contributed by atoms with Gasteiger partial charge in [0.15, 0.2) is 0 Å². The number of hydrogen-bond donors (Lipinski definition) is 1. The third-order valence-corrected chi connectivity index (χ3v) is 4.26. The Hall–Kier alpha value is -2.30. The Kier molecular flexibility index (Phi) is 4.88. The SMILES string of the molecule is COc1ccc(CC2=N/C(=C/c3ccc(Cl)c(Cl)c3)C(=O)N2)cc1. The van der Waals surface area contributed by atoms with Gasteiger partial charge in [-0.1, -0.05) is 41.4 Å². The van der Waals surface area contributed by atoms with Gasteiger partial charge in [0.25, 0.3) is 5.91 Å². The summed E-state index contributed by atoms with van der Waals surface area (Å²) in [6.07, 6.45) is 2.22. The summed E-state index contributed by atoms with van der Waals surface area (Å²) in [6, 6.07) is 12.8. The summed E-state index contributed by atoms with van der Waals surface area (Å²) in [4.78, 5) is 16.4. The van der Waals surface area contributed by atoms with Crippen LogP contribution in [0, 0.1) is 0 Å². The number of carbonyl (C=O) groups excluding carboxylic acids is 1. The largest absolute Gasteiger partial charge is 0.497 e. The van der Waals surface area contributed by atoms with E-state index in [1.807, 2.05) is 24.3 Å². The minimum Gasteiger partial charge on any atom is -0.497 e. The molecule has 0 aliphatic carbocycles. The zero-order chi connectivity index (χ0) is 17.1. The van der Waals surface area contributed by atoms with Crippen LogP contribution in [-0.4, -0.2) is 18.9 Å². The topological polar surface area (TPSA) is 50.7 Å². The zero-order valence-electron chi connectivity index (χ0n) is 12.8. The highest BCUT2D eigenvalue weighted by molar-refractivity contribution is 6.42. The van der Waals surface area contributed by atoms with Gasteiger partial charge in [0.2, 0.25) is 0 Å². The van der Waals surface area contributed by atoms with E-state index in [1.54, 1.807) is 31.4 Å². The minimum absolute atomic E-state index is 0.232. The van der Waals surface area contributed by atoms with Gasteiger partial charge in [-0.15, -0.1) is 0 Å². The van der Waals surface area contributed by atoms with Crippen LogP contribution in [0.5, 0.6) is 5.75 Å². The van der Waals surface area contributed by atoms with Crippen LogP contribution in [0.4, 0.5) is 0 Å². The van der Waals surface area contributed by atoms with Crippen molar-refractivity contribution in [1.82, 2.24) is 5.32 Å². The summed E-state index contributed by atoms with van der Waals surface area (Å²) in [5.74, 6) is 1.16. The highest BCUT2D eigenvalue weighted by atomic mass is 35.5. The molecule has 0 atom stereocenters. The standard InChI is InChI=1S/C18H14Cl2N2O2/c1-24-13-5-2-11(3-6-13)10-17-21-16(18(23)22-17)9-12-4-7-14(19)15(20)8-12/h2-9H,10H2,1H3,(H,21,22,23)/b16-9+. The third kappa shape index (κ3) is 3.78. The Balaban J connectivity index is 1.78. The van der Waals surface area contributed by atoms with E-state index in [9.17, 15) is 4.79 Å². The molecule has 0 unspecified atom stereocenters. The van der Waals surface area contributed by atoms with Crippen LogP contribution in [0.15, 0.2) is 53.2 Å². The molecule has 4 nitrogen and oxygen atoms in total. The van der Waals surface area contributed by atoms with Crippen LogP contribution >= 0.6 is 23.2 Å². The van der Waals surface area contributed by atoms with Crippen molar-refractivity contribution in [2.45, 2.75) is 6.42 Å². The number of methoxy groups -OCH3 is 1. The number of halogens is 2. The number of benzene rings is 2. The molecule has 0 saturated carbocycles. The summed E-state index contributed by atoms with van der Waals surface area (Å²) in [5, 5.41) is 3.69. The molecule has 1 aliphatic heterocycles. The van der Waals surface area contributed by atoms with Crippen molar-refractivity contribution in [2.24, 2.45) is 4.99 Å². The van der Waals surface area contributed by atoms with Crippen LogP contribution in [0.1, 0.15) is 11.1 Å². The van der Waals surface area contributed by atoms with Gasteiger partial charge in [0.05, 0.1) is 17.2 Å². The molecule has 2 aromatic carbocycles. The van der Waals surface area contributed by atoms with Crippen molar-refractivity contribution in [3.05, 3.63) is 69.3 Å². The number of amidine groups is 1. The van der Waals surface area contributed by atoms with Crippen molar-refractivity contribution in [1.29, 1.82) is 0 Å². The smallest absolute Gasteiger partial charge is 0.275 e. The summed E-state index contributed by atoms with van der Waals surface area (Å²) < 4.78 is 5.13. The molecule has 3 rings (SSSR count). The Morgan fingerprint density at radius 3 is 2.54 bits per heavy atom. The van der Waals surface area contributed by atoms with E-state index in [4.69, 9.17) is 27.9 Å². The van der Waals surface area contributed by atoms with E-state index >= 15 is 0 Å². The molecule has 122 valence electrons. The first-order valence-electron chi connectivity index (χ1n) is 7.24. The number of nitrogens with one attached hydrogen (secondary N) is 1. The molecule has 0 aromatic heterocycles. The number of hydrogen-bond acceptors (Lipinski definition) is 3. The van der Waals surface area contributed by atoms with E-state index in [2.05, 4.69) is 10.3 Å². The maximum absolute atomic E-state index is 12.1. The zero-order valence-corrected chi connectivity index (χ0v) is 14.4. The lowest BCUT2D eigenvalue weighted by Gasteiger charge is -2.03. The fraction of sp³-hybridized carbons (Fsp3) is 0.111. The fourth-order valence-electron chi connectivity index (χ4n) is 2.30. The second-order valence-corrected chi connectivity index (χ2v) is 6.05. The van der Waals surface area contributed by atoms with E-state index in [0.717, 1.165) is 16.9 Å². The van der Waals surface area contributed by atoms with Crippen LogP contribution in [0.25, 0.3) is 6.08 Å². The van der Waals surface area contributed by atoms with Crippen LogP contribution in [0.3, 0.4) is 0 Å². The quantitative estimate of drug-likeness (QED) is 0.833. The maximum Gasteiger partial charge on any atom is 0.275 e. The van der Waals surface area contributed by atoms with Gasteiger partial charge in [-0.2, -0.15) is 0 Å². The van der Waals surface area contributed by atoms with Gasteiger partial charge in [-0.05, 0) is 41.5 Å². The Bertz CT molecular complexity index is 843. The van der Waals surface area contributed by atoms with Gasteiger partial charge >= 0.3 is 0 Å². The molecule has 1 amide bonds. The first-order chi connectivity index (χ1) is 11.5. The lowest BCUT2D eigenvalue weighted by atomic mass is 10.1. The molecule has 0 fully saturated rings. The van der Waals surface area contributed by atoms with E-state index in [-0.39, 0.29) is 5.91 Å². The van der Waals surface area contributed by atoms with E-state index in [1.165, 1.54) is 0 Å². The molecule has 2 aromatic rings. The molecular formula is C18H14Cl2N2O2. The average Bonchev–Trinajstić information content (AvgIpc) is 2.91. The number of ether oxygens (including phenoxy) is 1. The van der Waals surface area contributed by atoms with Crippen LogP contribution in [0.2, 0.25) is 10.0 Å². The van der Waals surface area contributed by atoms with Crippen molar-refractivity contribution in [3.63, 3.8) is 0 Å².